The molecule has 0 bridgehead atoms. The lowest BCUT2D eigenvalue weighted by molar-refractivity contribution is -0.139. The quantitative estimate of drug-likeness (QED) is 0.268. The van der Waals surface area contributed by atoms with Gasteiger partial charge in [-0.3, -0.25) is 4.79 Å². The molecule has 0 spiro atoms. The van der Waals surface area contributed by atoms with Gasteiger partial charge in [0.25, 0.3) is 0 Å². The summed E-state index contributed by atoms with van der Waals surface area (Å²) < 4.78 is 4.46. The van der Waals surface area contributed by atoms with Crippen molar-refractivity contribution >= 4 is 12.2 Å². The SMILES string of the molecule is COC(=O)CC#Cc1ccccc1C=NO. The molecule has 0 aliphatic heterocycles. The fraction of sp³-hybridized carbons (Fsp3) is 0.167. The molecule has 0 atom stereocenters. The first kappa shape index (κ1) is 11.8. The van der Waals surface area contributed by atoms with E-state index in [0.717, 1.165) is 0 Å². The fourth-order valence-electron chi connectivity index (χ4n) is 1.07. The number of benzene rings is 1. The summed E-state index contributed by atoms with van der Waals surface area (Å²) in [5, 5.41) is 11.4. The molecule has 1 rings (SSSR count). The van der Waals surface area contributed by atoms with Crippen molar-refractivity contribution in [3.8, 4) is 11.8 Å². The van der Waals surface area contributed by atoms with Crippen LogP contribution in [-0.4, -0.2) is 24.5 Å². The second-order valence-corrected chi connectivity index (χ2v) is 2.89. The van der Waals surface area contributed by atoms with Gasteiger partial charge < -0.3 is 9.94 Å². The summed E-state index contributed by atoms with van der Waals surface area (Å²) in [4.78, 5) is 10.8. The van der Waals surface area contributed by atoms with Gasteiger partial charge in [-0.2, -0.15) is 0 Å². The van der Waals surface area contributed by atoms with Gasteiger partial charge in [-0.05, 0) is 6.07 Å². The van der Waals surface area contributed by atoms with Crippen molar-refractivity contribution in [2.75, 3.05) is 7.11 Å². The van der Waals surface area contributed by atoms with Gasteiger partial charge in [0.05, 0.1) is 13.3 Å². The van der Waals surface area contributed by atoms with Crippen LogP contribution in [0.3, 0.4) is 0 Å². The molecule has 16 heavy (non-hydrogen) atoms. The minimum Gasteiger partial charge on any atom is -0.468 e. The maximum atomic E-state index is 10.8. The van der Waals surface area contributed by atoms with E-state index in [-0.39, 0.29) is 12.4 Å². The summed E-state index contributed by atoms with van der Waals surface area (Å²) >= 11 is 0. The molecule has 0 heterocycles. The van der Waals surface area contributed by atoms with Gasteiger partial charge >= 0.3 is 5.97 Å². The van der Waals surface area contributed by atoms with Gasteiger partial charge in [-0.1, -0.05) is 35.2 Å². The number of carbonyl (C=O) groups excluding carboxylic acids is 1. The van der Waals surface area contributed by atoms with Crippen LogP contribution < -0.4 is 0 Å². The minimum absolute atomic E-state index is 0.0428. The smallest absolute Gasteiger partial charge is 0.317 e. The van der Waals surface area contributed by atoms with Gasteiger partial charge in [0, 0.05) is 11.1 Å². The van der Waals surface area contributed by atoms with Gasteiger partial charge in [-0.25, -0.2) is 0 Å². The predicted octanol–water partition coefficient (Wildman–Crippen LogP) is 1.41. The Morgan fingerprint density at radius 1 is 1.56 bits per heavy atom. The molecule has 0 aliphatic carbocycles. The number of carbonyl (C=O) groups is 1. The van der Waals surface area contributed by atoms with Crippen LogP contribution in [0.5, 0.6) is 0 Å². The Bertz CT molecular complexity index is 455. The van der Waals surface area contributed by atoms with Crippen LogP contribution in [-0.2, 0) is 9.53 Å². The summed E-state index contributed by atoms with van der Waals surface area (Å²) in [6, 6.07) is 7.17. The van der Waals surface area contributed by atoms with Crippen molar-refractivity contribution in [2.24, 2.45) is 5.16 Å². The molecule has 4 heteroatoms. The van der Waals surface area contributed by atoms with E-state index >= 15 is 0 Å². The lowest BCUT2D eigenvalue weighted by Gasteiger charge is -1.95. The van der Waals surface area contributed by atoms with Crippen molar-refractivity contribution in [1.82, 2.24) is 0 Å². The van der Waals surface area contributed by atoms with Gasteiger partial charge in [0.2, 0.25) is 0 Å². The molecular weight excluding hydrogens is 206 g/mol. The van der Waals surface area contributed by atoms with E-state index in [4.69, 9.17) is 5.21 Å². The van der Waals surface area contributed by atoms with E-state index in [1.165, 1.54) is 13.3 Å². The summed E-state index contributed by atoms with van der Waals surface area (Å²) in [6.07, 6.45) is 1.34. The Morgan fingerprint density at radius 2 is 2.31 bits per heavy atom. The average Bonchev–Trinajstić information content (AvgIpc) is 2.31. The van der Waals surface area contributed by atoms with E-state index in [1.807, 2.05) is 12.1 Å². The van der Waals surface area contributed by atoms with Crippen molar-refractivity contribution in [1.29, 1.82) is 0 Å². The van der Waals surface area contributed by atoms with Crippen LogP contribution >= 0.6 is 0 Å². The average molecular weight is 217 g/mol. The number of esters is 1. The number of hydrogen-bond donors (Lipinski definition) is 1. The number of rotatable bonds is 2. The molecule has 0 aromatic heterocycles. The molecule has 0 saturated carbocycles. The first-order valence-corrected chi connectivity index (χ1v) is 4.60. The van der Waals surface area contributed by atoms with Crippen LogP contribution in [0.2, 0.25) is 0 Å². The molecular formula is C12H11NO3. The van der Waals surface area contributed by atoms with Crippen LogP contribution in [0.1, 0.15) is 17.5 Å². The molecule has 0 radical (unpaired) electrons. The molecule has 0 saturated heterocycles. The first-order chi connectivity index (χ1) is 7.77. The minimum atomic E-state index is -0.374. The fourth-order valence-corrected chi connectivity index (χ4v) is 1.07. The highest BCUT2D eigenvalue weighted by Gasteiger charge is 1.96. The Labute approximate surface area is 93.5 Å². The number of nitrogens with zero attached hydrogens (tertiary/aromatic N) is 1. The highest BCUT2D eigenvalue weighted by atomic mass is 16.5. The highest BCUT2D eigenvalue weighted by molar-refractivity contribution is 5.83. The second-order valence-electron chi connectivity index (χ2n) is 2.89. The number of ether oxygens (including phenoxy) is 1. The zero-order chi connectivity index (χ0) is 11.8. The normalized spacial score (nSPS) is 9.56. The number of methoxy groups -OCH3 is 1. The van der Waals surface area contributed by atoms with Crippen LogP contribution in [0.25, 0.3) is 0 Å². The maximum absolute atomic E-state index is 10.8. The molecule has 0 unspecified atom stereocenters. The second kappa shape index (κ2) is 6.25. The standard InChI is InChI=1S/C12H11NO3/c1-16-12(14)8-4-7-10-5-2-3-6-11(10)9-13-15/h2-3,5-6,9,15H,8H2,1H3. The van der Waals surface area contributed by atoms with Gasteiger partial charge in [0.1, 0.15) is 6.42 Å². The first-order valence-electron chi connectivity index (χ1n) is 4.60. The van der Waals surface area contributed by atoms with E-state index in [9.17, 15) is 4.79 Å². The van der Waals surface area contributed by atoms with Crippen molar-refractivity contribution in [3.63, 3.8) is 0 Å². The topological polar surface area (TPSA) is 58.9 Å². The Kier molecular flexibility index (Phi) is 4.61. The van der Waals surface area contributed by atoms with Crippen LogP contribution in [0, 0.1) is 11.8 Å². The Hall–Kier alpha value is -2.28. The molecule has 1 N–H and O–H groups in total. The lowest BCUT2D eigenvalue weighted by atomic mass is 10.1. The van der Waals surface area contributed by atoms with Gasteiger partial charge in [0.15, 0.2) is 0 Å². The van der Waals surface area contributed by atoms with E-state index in [1.54, 1.807) is 12.1 Å². The highest BCUT2D eigenvalue weighted by Crippen LogP contribution is 2.04. The third kappa shape index (κ3) is 3.46. The predicted molar refractivity (Wildman–Crippen MR) is 59.3 cm³/mol. The van der Waals surface area contributed by atoms with E-state index < -0.39 is 0 Å². The molecule has 0 fully saturated rings. The molecule has 1 aromatic rings. The monoisotopic (exact) mass is 217 g/mol. The molecule has 0 amide bonds. The third-order valence-corrected chi connectivity index (χ3v) is 1.84. The van der Waals surface area contributed by atoms with Crippen molar-refractivity contribution in [3.05, 3.63) is 35.4 Å². The molecule has 0 aliphatic rings. The van der Waals surface area contributed by atoms with Crippen LogP contribution in [0.4, 0.5) is 0 Å². The lowest BCUT2D eigenvalue weighted by Crippen LogP contribution is -1.97. The largest absolute Gasteiger partial charge is 0.468 e. The summed E-state index contributed by atoms with van der Waals surface area (Å²) in [5.74, 6) is 5.12. The summed E-state index contributed by atoms with van der Waals surface area (Å²) in [5.41, 5.74) is 1.39. The Morgan fingerprint density at radius 3 is 3.00 bits per heavy atom. The van der Waals surface area contributed by atoms with Gasteiger partial charge in [-0.15, -0.1) is 0 Å². The number of oxime groups is 1. The molecule has 82 valence electrons. The Balaban J connectivity index is 2.83. The molecule has 1 aromatic carbocycles. The summed E-state index contributed by atoms with van der Waals surface area (Å²) in [6.45, 7) is 0. The van der Waals surface area contributed by atoms with E-state index in [2.05, 4.69) is 21.7 Å². The molecule has 4 nitrogen and oxygen atoms in total. The van der Waals surface area contributed by atoms with E-state index in [0.29, 0.717) is 11.1 Å². The number of hydrogen-bond acceptors (Lipinski definition) is 4. The van der Waals surface area contributed by atoms with Crippen molar-refractivity contribution in [2.45, 2.75) is 6.42 Å². The maximum Gasteiger partial charge on any atom is 0.317 e. The zero-order valence-corrected chi connectivity index (χ0v) is 8.80. The van der Waals surface area contributed by atoms with Crippen molar-refractivity contribution < 1.29 is 14.7 Å². The zero-order valence-electron chi connectivity index (χ0n) is 8.80. The summed E-state index contributed by atoms with van der Waals surface area (Å²) in [7, 11) is 1.32. The van der Waals surface area contributed by atoms with Crippen LogP contribution in [0.15, 0.2) is 29.4 Å². The third-order valence-electron chi connectivity index (χ3n) is 1.84.